The molecule has 7 fully saturated rings. The maximum atomic E-state index is 14.2. The highest BCUT2D eigenvalue weighted by Gasteiger charge is 2.73. The van der Waals surface area contributed by atoms with E-state index in [-0.39, 0.29) is 84.5 Å². The largest absolute Gasteiger partial charge is 0.481 e. The van der Waals surface area contributed by atoms with Gasteiger partial charge in [0.25, 0.3) is 0 Å². The van der Waals surface area contributed by atoms with Gasteiger partial charge >= 0.3 is 12.1 Å². The monoisotopic (exact) mass is 1180 g/mol. The molecule has 1 saturated heterocycles. The number of para-hydroxylation sites is 1. The molecule has 0 radical (unpaired) electrons. The second-order valence-electron chi connectivity index (χ2n) is 26.4. The molecule has 13 rings (SSSR count). The lowest BCUT2D eigenvalue weighted by atomic mass is 9.38. The molecule has 7 N–H and O–H groups in total. The van der Waals surface area contributed by atoms with Crippen molar-refractivity contribution in [3.05, 3.63) is 149 Å². The van der Waals surface area contributed by atoms with Crippen LogP contribution in [0.3, 0.4) is 0 Å². The second-order valence-corrected chi connectivity index (χ2v) is 26.4. The lowest BCUT2D eigenvalue weighted by Gasteiger charge is -2.70. The van der Waals surface area contributed by atoms with Crippen molar-refractivity contribution in [2.45, 2.75) is 122 Å². The molecule has 452 valence electrons. The highest BCUT2D eigenvalue weighted by atomic mass is 16.5. The summed E-state index contributed by atoms with van der Waals surface area (Å²) in [6.07, 6.45) is 9.61. The summed E-state index contributed by atoms with van der Waals surface area (Å²) in [4.78, 5) is 108. The molecule has 7 aliphatic carbocycles. The summed E-state index contributed by atoms with van der Waals surface area (Å²) in [5, 5.41) is 42.8. The van der Waals surface area contributed by atoms with Crippen LogP contribution in [-0.2, 0) is 57.9 Å². The Morgan fingerprint density at radius 3 is 2.30 bits per heavy atom. The Balaban J connectivity index is 0.576. The van der Waals surface area contributed by atoms with E-state index in [0.29, 0.717) is 42.0 Å². The summed E-state index contributed by atoms with van der Waals surface area (Å²) < 4.78 is 5.61. The van der Waals surface area contributed by atoms with Gasteiger partial charge in [-0.25, -0.2) is 4.79 Å². The average molecular weight is 1180 g/mol. The fraction of sp³-hybridized carbons (Fsp3) is 0.449. The number of hydrogen-bond donors (Lipinski definition) is 7. The Labute approximate surface area is 505 Å². The number of aliphatic carboxylic acids is 1. The predicted molar refractivity (Wildman–Crippen MR) is 322 cm³/mol. The zero-order chi connectivity index (χ0) is 61.0. The standard InChI is InChI=1S/C69H74N6O12/c1-65-28-27-51(77)29-47(65)17-22-52-53-30-48-35-74(41-69(48,57(79)36-76)66(53,2)32-56(78)62(52)65)50-20-13-42(14-21-50)31-67-38-68(39-67,40-67)73-64(86)87-37-43-11-18-49(19-12-43)71-63(85)54(23-26-61(83)84)72-59(81)33-70-58(80)24-25-60(82)75-34-46-9-4-3-7-44(46)15-16-45-8-5-6-10-55(45)75/h3-14,18-21,27-29,48,52-54,56,62,76,78H,17,22-26,30-41H2,1-2H3,(H,70,80)(H,71,85)(H,72,81)(H,73,86)(H,83,84)/t48-,52-,53-,54-,56-,62+,65-,66-,67?,68?,69+/m0/s1. The number of nitrogens with zero attached hydrogens (tertiary/aromatic N) is 2. The molecular weight excluding hydrogens is 1100 g/mol. The average Bonchev–Trinajstić information content (AvgIpc) is 1.68. The van der Waals surface area contributed by atoms with Crippen LogP contribution in [0.15, 0.2) is 121 Å². The van der Waals surface area contributed by atoms with Crippen LogP contribution in [0.1, 0.15) is 112 Å². The summed E-state index contributed by atoms with van der Waals surface area (Å²) >= 11 is 0. The van der Waals surface area contributed by atoms with E-state index in [0.717, 1.165) is 67.3 Å². The number of aliphatic hydroxyl groups is 2. The fourth-order valence-electron chi connectivity index (χ4n) is 17.2. The molecule has 5 amide bonds. The van der Waals surface area contributed by atoms with Gasteiger partial charge < -0.3 is 51.1 Å². The molecule has 9 aliphatic rings. The Kier molecular flexibility index (Phi) is 15.6. The molecule has 0 aromatic heterocycles. The van der Waals surface area contributed by atoms with Gasteiger partial charge in [-0.1, -0.05) is 91.9 Å². The number of rotatable bonds is 19. The van der Waals surface area contributed by atoms with Gasteiger partial charge in [0.1, 0.15) is 19.3 Å². The maximum absolute atomic E-state index is 14.2. The topological polar surface area (TPSA) is 261 Å². The van der Waals surface area contributed by atoms with Gasteiger partial charge in [-0.3, -0.25) is 33.6 Å². The molecule has 2 aliphatic heterocycles. The number of carboxylic acid groups (broad SMARTS) is 1. The Morgan fingerprint density at radius 2 is 1.55 bits per heavy atom. The number of allylic oxidation sites excluding steroid dienone is 4. The molecular formula is C69H74N6O12. The molecule has 18 heteroatoms. The van der Waals surface area contributed by atoms with E-state index in [4.69, 9.17) is 4.74 Å². The van der Waals surface area contributed by atoms with Gasteiger partial charge in [-0.2, -0.15) is 0 Å². The van der Waals surface area contributed by atoms with Crippen molar-refractivity contribution in [1.29, 1.82) is 0 Å². The number of nitrogens with one attached hydrogen (secondary N) is 4. The SMILES string of the molecule is C[C@]12C=CC(=O)C=C1CC[C@@H]1[C@@H]2[C@@H](O)C[C@@]2(C)[C@H]1C[C@H]1CN(c3ccc(CC45CC(NC(=O)OCc6ccc(NC(=O)[C@H](CCC(=O)O)NC(=O)CNC(=O)CCC(=O)N7Cc8ccccc8C#Cc8ccccc87)cc6)(C4)C5)cc3)C[C@]12C(=O)CO. The fourth-order valence-corrected chi connectivity index (χ4v) is 17.2. The highest BCUT2D eigenvalue weighted by molar-refractivity contribution is 6.01. The highest BCUT2D eigenvalue weighted by Crippen LogP contribution is 2.73. The minimum Gasteiger partial charge on any atom is -0.481 e. The van der Waals surface area contributed by atoms with Gasteiger partial charge in [0.15, 0.2) is 11.6 Å². The van der Waals surface area contributed by atoms with Gasteiger partial charge in [0.2, 0.25) is 23.6 Å². The first-order chi connectivity index (χ1) is 41.7. The molecule has 0 unspecified atom stereocenters. The smallest absolute Gasteiger partial charge is 0.407 e. The maximum Gasteiger partial charge on any atom is 0.407 e. The molecule has 0 spiro atoms. The second kappa shape index (κ2) is 23.0. The van der Waals surface area contributed by atoms with Gasteiger partial charge in [0.05, 0.1) is 30.3 Å². The predicted octanol–water partition coefficient (Wildman–Crippen LogP) is 7.08. The van der Waals surface area contributed by atoms with Crippen LogP contribution in [0.5, 0.6) is 0 Å². The van der Waals surface area contributed by atoms with Gasteiger partial charge in [-0.15, -0.1) is 0 Å². The molecule has 18 nitrogen and oxygen atoms in total. The zero-order valence-electron chi connectivity index (χ0n) is 49.1. The number of carbonyl (C=O) groups excluding carboxylic acids is 7. The number of carbonyl (C=O) groups is 8. The first kappa shape index (κ1) is 59.0. The number of fused-ring (bicyclic) bond motifs is 9. The lowest BCUT2D eigenvalue weighted by Crippen LogP contribution is -2.75. The molecule has 6 saturated carbocycles. The minimum absolute atomic E-state index is 0.00304. The van der Waals surface area contributed by atoms with Crippen LogP contribution in [0.4, 0.5) is 21.9 Å². The third-order valence-corrected chi connectivity index (χ3v) is 21.1. The van der Waals surface area contributed by atoms with E-state index in [1.54, 1.807) is 47.4 Å². The number of ketones is 2. The zero-order valence-corrected chi connectivity index (χ0v) is 49.1. The summed E-state index contributed by atoms with van der Waals surface area (Å²) in [6, 6.07) is 28.7. The Morgan fingerprint density at radius 1 is 0.839 bits per heavy atom. The van der Waals surface area contributed by atoms with E-state index < -0.39 is 77.7 Å². The van der Waals surface area contributed by atoms with E-state index in [9.17, 15) is 53.7 Å². The van der Waals surface area contributed by atoms with Crippen molar-refractivity contribution < 1.29 is 58.4 Å². The summed E-state index contributed by atoms with van der Waals surface area (Å²) in [7, 11) is 0. The Bertz CT molecular complexity index is 3580. The third-order valence-electron chi connectivity index (χ3n) is 21.1. The first-order valence-electron chi connectivity index (χ1n) is 30.4. The number of aliphatic hydroxyl groups excluding tert-OH is 2. The van der Waals surface area contributed by atoms with E-state index in [1.807, 2.05) is 48.5 Å². The summed E-state index contributed by atoms with van der Waals surface area (Å²) in [6.45, 7) is 4.75. The van der Waals surface area contributed by atoms with Gasteiger partial charge in [0, 0.05) is 71.7 Å². The number of alkyl carbamates (subject to hydrolysis) is 1. The van der Waals surface area contributed by atoms with Crippen molar-refractivity contribution in [2.24, 2.45) is 45.3 Å². The number of ether oxygens (including phenoxy) is 1. The number of carboxylic acids is 1. The first-order valence-corrected chi connectivity index (χ1v) is 30.4. The van der Waals surface area contributed by atoms with Crippen molar-refractivity contribution in [3.8, 4) is 11.8 Å². The minimum atomic E-state index is -1.26. The lowest BCUT2D eigenvalue weighted by molar-refractivity contribution is -0.157. The van der Waals surface area contributed by atoms with Crippen LogP contribution in [-0.4, -0.2) is 107 Å². The van der Waals surface area contributed by atoms with Crippen molar-refractivity contribution in [2.75, 3.05) is 41.4 Å². The number of benzene rings is 4. The van der Waals surface area contributed by atoms with Gasteiger partial charge in [-0.05, 0) is 158 Å². The molecule has 9 atom stereocenters. The summed E-state index contributed by atoms with van der Waals surface area (Å²) in [5.74, 6) is 3.17. The molecule has 4 aromatic carbocycles. The molecule has 87 heavy (non-hydrogen) atoms. The van der Waals surface area contributed by atoms with Crippen molar-refractivity contribution in [1.82, 2.24) is 16.0 Å². The summed E-state index contributed by atoms with van der Waals surface area (Å²) in [5.41, 5.74) is 5.38. The van der Waals surface area contributed by atoms with Crippen LogP contribution in [0, 0.1) is 57.2 Å². The number of amides is 5. The number of anilines is 3. The normalized spacial score (nSPS) is 29.5. The third kappa shape index (κ3) is 11.0. The number of Topliss-reactive ketones (excluding diaryl/α,β-unsaturated/α-hetero) is 1. The molecule has 2 bridgehead atoms. The van der Waals surface area contributed by atoms with E-state index in [1.165, 1.54) is 5.56 Å². The molecule has 2 heterocycles. The van der Waals surface area contributed by atoms with Crippen molar-refractivity contribution >= 4 is 64.3 Å². The van der Waals surface area contributed by atoms with Crippen LogP contribution in [0.25, 0.3) is 0 Å². The molecule has 4 aromatic rings. The number of hydrogen-bond acceptors (Lipinski definition) is 12. The van der Waals surface area contributed by atoms with Crippen LogP contribution in [0.2, 0.25) is 0 Å². The van der Waals surface area contributed by atoms with E-state index in [2.05, 4.69) is 76.1 Å². The van der Waals surface area contributed by atoms with E-state index >= 15 is 0 Å². The quantitative estimate of drug-likeness (QED) is 0.0464. The Hall–Kier alpha value is -8.40. The van der Waals surface area contributed by atoms with Crippen molar-refractivity contribution in [3.63, 3.8) is 0 Å². The van der Waals surface area contributed by atoms with Crippen LogP contribution >= 0.6 is 0 Å². The van der Waals surface area contributed by atoms with Crippen LogP contribution < -0.4 is 31.1 Å².